The molecule has 2 aromatic rings. The van der Waals surface area contributed by atoms with Gasteiger partial charge in [-0.05, 0) is 69.0 Å². The Bertz CT molecular complexity index is 933. The fourth-order valence-electron chi connectivity index (χ4n) is 2.58. The summed E-state index contributed by atoms with van der Waals surface area (Å²) in [5.74, 6) is 0.677. The summed E-state index contributed by atoms with van der Waals surface area (Å²) < 4.78 is 37.7. The summed E-state index contributed by atoms with van der Waals surface area (Å²) in [7, 11) is -3.39. The molecule has 0 aliphatic carbocycles. The maximum Gasteiger partial charge on any atom is 0.412 e. The van der Waals surface area contributed by atoms with Gasteiger partial charge in [0.1, 0.15) is 18.0 Å². The minimum absolute atomic E-state index is 0.170. The Hall–Kier alpha value is -2.58. The average molecular weight is 436 g/mol. The molecular weight excluding hydrogens is 406 g/mol. The van der Waals surface area contributed by atoms with Gasteiger partial charge in [0.25, 0.3) is 10.1 Å². The lowest BCUT2D eigenvalue weighted by Crippen LogP contribution is -2.27. The number of hydrogen-bond donors (Lipinski definition) is 1. The molecule has 0 bridgehead atoms. The highest BCUT2D eigenvalue weighted by Gasteiger charge is 2.16. The first-order valence-electron chi connectivity index (χ1n) is 9.65. The summed E-state index contributed by atoms with van der Waals surface area (Å²) in [5, 5.41) is 2.68. The first-order chi connectivity index (χ1) is 14.0. The Morgan fingerprint density at radius 3 is 2.33 bits per heavy atom. The van der Waals surface area contributed by atoms with Gasteiger partial charge in [0.15, 0.2) is 0 Å². The van der Waals surface area contributed by atoms with Gasteiger partial charge >= 0.3 is 6.09 Å². The molecule has 7 nitrogen and oxygen atoms in total. The Labute approximate surface area is 178 Å². The maximum atomic E-state index is 11.8. The van der Waals surface area contributed by atoms with E-state index in [1.165, 1.54) is 0 Å². The van der Waals surface area contributed by atoms with E-state index in [1.807, 2.05) is 45.0 Å². The topological polar surface area (TPSA) is 90.9 Å². The van der Waals surface area contributed by atoms with Gasteiger partial charge in [-0.1, -0.05) is 24.3 Å². The predicted molar refractivity (Wildman–Crippen MR) is 116 cm³/mol. The Morgan fingerprint density at radius 1 is 1.03 bits per heavy atom. The van der Waals surface area contributed by atoms with E-state index in [-0.39, 0.29) is 6.61 Å². The van der Waals surface area contributed by atoms with E-state index in [1.54, 1.807) is 24.3 Å². The van der Waals surface area contributed by atoms with E-state index in [0.29, 0.717) is 30.9 Å². The summed E-state index contributed by atoms with van der Waals surface area (Å²) >= 11 is 0. The predicted octanol–water partition coefficient (Wildman–Crippen LogP) is 4.52. The van der Waals surface area contributed by atoms with Crippen LogP contribution in [0.2, 0.25) is 0 Å². The molecule has 0 radical (unpaired) electrons. The molecule has 164 valence electrons. The van der Waals surface area contributed by atoms with Crippen molar-refractivity contribution in [1.82, 2.24) is 0 Å². The molecule has 0 saturated carbocycles. The van der Waals surface area contributed by atoms with Gasteiger partial charge in [0, 0.05) is 5.69 Å². The van der Waals surface area contributed by atoms with Crippen LogP contribution >= 0.6 is 0 Å². The molecule has 2 rings (SSSR count). The second-order valence-corrected chi connectivity index (χ2v) is 9.53. The average Bonchev–Trinajstić information content (AvgIpc) is 2.63. The van der Waals surface area contributed by atoms with Gasteiger partial charge < -0.3 is 9.47 Å². The lowest BCUT2D eigenvalue weighted by molar-refractivity contribution is 0.0636. The Kier molecular flexibility index (Phi) is 8.25. The number of carbonyl (C=O) groups excluding carboxylic acids is 1. The van der Waals surface area contributed by atoms with Crippen LogP contribution in [0.5, 0.6) is 5.75 Å². The summed E-state index contributed by atoms with van der Waals surface area (Å²) in [4.78, 5) is 11.8. The van der Waals surface area contributed by atoms with E-state index >= 15 is 0 Å². The van der Waals surface area contributed by atoms with E-state index in [2.05, 4.69) is 5.32 Å². The van der Waals surface area contributed by atoms with Gasteiger partial charge in [-0.15, -0.1) is 0 Å². The molecule has 0 fully saturated rings. The van der Waals surface area contributed by atoms with Crippen molar-refractivity contribution in [2.24, 2.45) is 0 Å². The fourth-order valence-corrected chi connectivity index (χ4v) is 3.00. The van der Waals surface area contributed by atoms with Crippen molar-refractivity contribution in [3.8, 4) is 5.75 Å². The van der Waals surface area contributed by atoms with Gasteiger partial charge in [0.2, 0.25) is 0 Å². The lowest BCUT2D eigenvalue weighted by Gasteiger charge is -2.19. The third-order valence-electron chi connectivity index (χ3n) is 3.80. The van der Waals surface area contributed by atoms with Crippen LogP contribution in [0.1, 0.15) is 38.3 Å². The van der Waals surface area contributed by atoms with Crippen LogP contribution < -0.4 is 10.1 Å². The summed E-state index contributed by atoms with van der Waals surface area (Å²) in [6.45, 7) is 5.99. The molecule has 0 aliphatic heterocycles. The van der Waals surface area contributed by atoms with Crippen LogP contribution in [0.15, 0.2) is 48.5 Å². The standard InChI is InChI=1S/C22H29NO6S/c1-22(2,3)29-21(24)23-19-10-12-20(13-11-19)27-16-18-8-5-7-17(15-18)9-6-14-28-30(4,25)26/h5,7-8,10-13,15H,6,9,14,16H2,1-4H3,(H,23,24). The Morgan fingerprint density at radius 2 is 1.70 bits per heavy atom. The number of carbonyl (C=O) groups is 1. The first-order valence-corrected chi connectivity index (χ1v) is 11.5. The SMILES string of the molecule is CC(C)(C)OC(=O)Nc1ccc(OCc2cccc(CCCOS(C)(=O)=O)c2)cc1. The number of anilines is 1. The molecule has 0 unspecified atom stereocenters. The molecule has 2 aromatic carbocycles. The van der Waals surface area contributed by atoms with E-state index in [0.717, 1.165) is 17.4 Å². The molecular formula is C22H29NO6S. The van der Waals surface area contributed by atoms with Gasteiger partial charge in [-0.25, -0.2) is 4.79 Å². The molecule has 0 atom stereocenters. The summed E-state index contributed by atoms with van der Waals surface area (Å²) in [6.07, 6.45) is 1.87. The second kappa shape index (κ2) is 10.4. The quantitative estimate of drug-likeness (QED) is 0.460. The molecule has 0 aliphatic rings. The van der Waals surface area contributed by atoms with E-state index in [9.17, 15) is 13.2 Å². The largest absolute Gasteiger partial charge is 0.489 e. The zero-order valence-electron chi connectivity index (χ0n) is 17.8. The number of benzene rings is 2. The van der Waals surface area contributed by atoms with Crippen molar-refractivity contribution in [2.45, 2.75) is 45.8 Å². The Balaban J connectivity index is 1.82. The van der Waals surface area contributed by atoms with Crippen LogP contribution in [0.3, 0.4) is 0 Å². The maximum absolute atomic E-state index is 11.8. The zero-order valence-corrected chi connectivity index (χ0v) is 18.6. The number of rotatable bonds is 9. The van der Waals surface area contributed by atoms with Crippen molar-refractivity contribution >= 4 is 21.9 Å². The second-order valence-electron chi connectivity index (χ2n) is 7.89. The summed E-state index contributed by atoms with van der Waals surface area (Å²) in [5.41, 5.74) is 2.16. The zero-order chi connectivity index (χ0) is 22.2. The van der Waals surface area contributed by atoms with Crippen molar-refractivity contribution in [3.05, 3.63) is 59.7 Å². The molecule has 8 heteroatoms. The highest BCUT2D eigenvalue weighted by molar-refractivity contribution is 7.85. The van der Waals surface area contributed by atoms with Gasteiger partial charge in [-0.3, -0.25) is 9.50 Å². The van der Waals surface area contributed by atoms with E-state index in [4.69, 9.17) is 13.7 Å². The van der Waals surface area contributed by atoms with Crippen LogP contribution in [-0.2, 0) is 32.1 Å². The molecule has 0 heterocycles. The molecule has 0 aromatic heterocycles. The van der Waals surface area contributed by atoms with Crippen molar-refractivity contribution in [1.29, 1.82) is 0 Å². The minimum atomic E-state index is -3.39. The fraction of sp³-hybridized carbons (Fsp3) is 0.409. The third kappa shape index (κ3) is 9.76. The summed E-state index contributed by atoms with van der Waals surface area (Å²) in [6, 6.07) is 15.0. The number of amides is 1. The highest BCUT2D eigenvalue weighted by Crippen LogP contribution is 2.19. The van der Waals surface area contributed by atoms with Crippen molar-refractivity contribution < 1.29 is 26.9 Å². The third-order valence-corrected chi connectivity index (χ3v) is 4.40. The molecule has 1 N–H and O–H groups in total. The number of nitrogens with one attached hydrogen (secondary N) is 1. The molecule has 0 saturated heterocycles. The van der Waals surface area contributed by atoms with E-state index < -0.39 is 21.8 Å². The molecule has 1 amide bonds. The minimum Gasteiger partial charge on any atom is -0.489 e. The number of hydrogen-bond acceptors (Lipinski definition) is 6. The number of aryl methyl sites for hydroxylation is 1. The van der Waals surface area contributed by atoms with Crippen LogP contribution in [0, 0.1) is 0 Å². The monoisotopic (exact) mass is 435 g/mol. The molecule has 0 spiro atoms. The van der Waals surface area contributed by atoms with Crippen molar-refractivity contribution in [3.63, 3.8) is 0 Å². The normalized spacial score (nSPS) is 11.7. The first kappa shape index (κ1) is 23.7. The lowest BCUT2D eigenvalue weighted by atomic mass is 10.1. The smallest absolute Gasteiger partial charge is 0.412 e. The molecule has 30 heavy (non-hydrogen) atoms. The number of ether oxygens (including phenoxy) is 2. The van der Waals surface area contributed by atoms with Gasteiger partial charge in [-0.2, -0.15) is 8.42 Å². The van der Waals surface area contributed by atoms with Crippen LogP contribution in [0.25, 0.3) is 0 Å². The van der Waals surface area contributed by atoms with Crippen LogP contribution in [-0.4, -0.2) is 33.0 Å². The van der Waals surface area contributed by atoms with Crippen molar-refractivity contribution in [2.75, 3.05) is 18.2 Å². The highest BCUT2D eigenvalue weighted by atomic mass is 32.2. The van der Waals surface area contributed by atoms with Crippen LogP contribution in [0.4, 0.5) is 10.5 Å². The van der Waals surface area contributed by atoms with Gasteiger partial charge in [0.05, 0.1) is 12.9 Å².